The van der Waals surface area contributed by atoms with Gasteiger partial charge in [-0.2, -0.15) is 0 Å². The Hall–Kier alpha value is -0.380. The predicted octanol–water partition coefficient (Wildman–Crippen LogP) is 1.28. The molecular formula is C12H23NO2. The van der Waals surface area contributed by atoms with E-state index in [-0.39, 0.29) is 11.5 Å². The van der Waals surface area contributed by atoms with E-state index in [1.165, 1.54) is 0 Å². The van der Waals surface area contributed by atoms with Crippen molar-refractivity contribution in [1.82, 2.24) is 4.90 Å². The van der Waals surface area contributed by atoms with Crippen molar-refractivity contribution in [2.24, 2.45) is 5.41 Å². The van der Waals surface area contributed by atoms with E-state index in [1.54, 1.807) is 0 Å². The van der Waals surface area contributed by atoms with E-state index in [9.17, 15) is 5.11 Å². The van der Waals surface area contributed by atoms with Crippen molar-refractivity contribution in [2.45, 2.75) is 26.9 Å². The molecule has 0 aliphatic carbocycles. The number of hydrogen-bond donors (Lipinski definition) is 1. The Balaban J connectivity index is 2.26. The van der Waals surface area contributed by atoms with Gasteiger partial charge in [0.25, 0.3) is 0 Å². The summed E-state index contributed by atoms with van der Waals surface area (Å²) in [4.78, 5) is 2.33. The molecule has 0 amide bonds. The van der Waals surface area contributed by atoms with Gasteiger partial charge in [-0.05, 0) is 5.41 Å². The molecule has 1 atom stereocenters. The number of aliphatic hydroxyl groups is 1. The van der Waals surface area contributed by atoms with Crippen LogP contribution in [0.5, 0.6) is 0 Å². The third-order valence-corrected chi connectivity index (χ3v) is 2.67. The second-order valence-electron chi connectivity index (χ2n) is 5.15. The third-order valence-electron chi connectivity index (χ3n) is 2.67. The number of morpholine rings is 1. The second-order valence-corrected chi connectivity index (χ2v) is 5.15. The minimum atomic E-state index is -0.362. The molecular weight excluding hydrogens is 190 g/mol. The SMILES string of the molecule is CC(C)(C)C(O)/C=C\CN1CCOCC1. The first-order valence-electron chi connectivity index (χ1n) is 5.65. The van der Waals surface area contributed by atoms with Crippen LogP contribution in [0.4, 0.5) is 0 Å². The van der Waals surface area contributed by atoms with Gasteiger partial charge >= 0.3 is 0 Å². The fraction of sp³-hybridized carbons (Fsp3) is 0.833. The van der Waals surface area contributed by atoms with E-state index in [1.807, 2.05) is 26.8 Å². The molecule has 88 valence electrons. The molecule has 1 aliphatic heterocycles. The van der Waals surface area contributed by atoms with Crippen LogP contribution in [0.25, 0.3) is 0 Å². The summed E-state index contributed by atoms with van der Waals surface area (Å²) in [6.07, 6.45) is 3.59. The van der Waals surface area contributed by atoms with Crippen molar-refractivity contribution < 1.29 is 9.84 Å². The van der Waals surface area contributed by atoms with Crippen molar-refractivity contribution in [3.05, 3.63) is 12.2 Å². The molecule has 1 unspecified atom stereocenters. The molecule has 0 aromatic heterocycles. The minimum Gasteiger partial charge on any atom is -0.388 e. The number of rotatable bonds is 3. The van der Waals surface area contributed by atoms with Gasteiger partial charge in [0.2, 0.25) is 0 Å². The number of hydrogen-bond acceptors (Lipinski definition) is 3. The van der Waals surface area contributed by atoms with Crippen LogP contribution in [-0.4, -0.2) is 49.0 Å². The van der Waals surface area contributed by atoms with Crippen molar-refractivity contribution in [1.29, 1.82) is 0 Å². The van der Waals surface area contributed by atoms with Gasteiger partial charge < -0.3 is 9.84 Å². The van der Waals surface area contributed by atoms with Crippen molar-refractivity contribution in [3.8, 4) is 0 Å². The van der Waals surface area contributed by atoms with Gasteiger partial charge in [-0.3, -0.25) is 4.90 Å². The highest BCUT2D eigenvalue weighted by Gasteiger charge is 2.19. The number of ether oxygens (including phenoxy) is 1. The average molecular weight is 213 g/mol. The molecule has 3 heteroatoms. The standard InChI is InChI=1S/C12H23NO2/c1-12(2,3)11(14)5-4-6-13-7-9-15-10-8-13/h4-5,11,14H,6-10H2,1-3H3/b5-4-. The molecule has 0 radical (unpaired) electrons. The molecule has 0 bridgehead atoms. The Morgan fingerprint density at radius 1 is 1.33 bits per heavy atom. The van der Waals surface area contributed by atoms with Crippen LogP contribution in [0, 0.1) is 5.41 Å². The fourth-order valence-corrected chi connectivity index (χ4v) is 1.41. The lowest BCUT2D eigenvalue weighted by molar-refractivity contribution is 0.0431. The Kier molecular flexibility index (Phi) is 4.77. The fourth-order valence-electron chi connectivity index (χ4n) is 1.41. The summed E-state index contributed by atoms with van der Waals surface area (Å²) in [7, 11) is 0. The number of aliphatic hydroxyl groups excluding tert-OH is 1. The third kappa shape index (κ3) is 4.78. The summed E-state index contributed by atoms with van der Waals surface area (Å²) in [5.41, 5.74) is -0.0679. The highest BCUT2D eigenvalue weighted by molar-refractivity contribution is 4.95. The first kappa shape index (κ1) is 12.7. The molecule has 1 rings (SSSR count). The molecule has 0 saturated carbocycles. The normalized spacial score (nSPS) is 22.1. The van der Waals surface area contributed by atoms with E-state index in [0.717, 1.165) is 32.8 Å². The molecule has 0 aromatic carbocycles. The predicted molar refractivity (Wildman–Crippen MR) is 61.9 cm³/mol. The molecule has 1 fully saturated rings. The lowest BCUT2D eigenvalue weighted by Crippen LogP contribution is -2.36. The maximum Gasteiger partial charge on any atom is 0.0769 e. The van der Waals surface area contributed by atoms with E-state index < -0.39 is 0 Å². The minimum absolute atomic E-state index is 0.0679. The van der Waals surface area contributed by atoms with Crippen molar-refractivity contribution in [2.75, 3.05) is 32.8 Å². The Bertz CT molecular complexity index is 202. The van der Waals surface area contributed by atoms with Crippen molar-refractivity contribution >= 4 is 0 Å². The lowest BCUT2D eigenvalue weighted by atomic mass is 9.89. The number of nitrogens with zero attached hydrogens (tertiary/aromatic N) is 1. The van der Waals surface area contributed by atoms with Gasteiger partial charge in [-0.1, -0.05) is 32.9 Å². The summed E-state index contributed by atoms with van der Waals surface area (Å²) in [5.74, 6) is 0. The quantitative estimate of drug-likeness (QED) is 0.717. The molecule has 1 aliphatic rings. The van der Waals surface area contributed by atoms with Crippen LogP contribution in [0.2, 0.25) is 0 Å². The second kappa shape index (κ2) is 5.64. The van der Waals surface area contributed by atoms with Crippen LogP contribution in [0.3, 0.4) is 0 Å². The molecule has 1 saturated heterocycles. The van der Waals surface area contributed by atoms with Crippen LogP contribution in [-0.2, 0) is 4.74 Å². The molecule has 15 heavy (non-hydrogen) atoms. The Labute approximate surface area is 92.7 Å². The smallest absolute Gasteiger partial charge is 0.0769 e. The molecule has 0 aromatic rings. The van der Waals surface area contributed by atoms with Crippen LogP contribution < -0.4 is 0 Å². The summed E-state index contributed by atoms with van der Waals surface area (Å²) in [5, 5.41) is 9.79. The van der Waals surface area contributed by atoms with Crippen molar-refractivity contribution in [3.63, 3.8) is 0 Å². The monoisotopic (exact) mass is 213 g/mol. The van der Waals surface area contributed by atoms with Gasteiger partial charge in [-0.15, -0.1) is 0 Å². The average Bonchev–Trinajstić information content (AvgIpc) is 2.18. The largest absolute Gasteiger partial charge is 0.388 e. The molecule has 1 N–H and O–H groups in total. The maximum atomic E-state index is 9.79. The first-order chi connectivity index (χ1) is 7.00. The zero-order chi connectivity index (χ0) is 11.3. The van der Waals surface area contributed by atoms with Crippen LogP contribution in [0.1, 0.15) is 20.8 Å². The lowest BCUT2D eigenvalue weighted by Gasteiger charge is -2.26. The van der Waals surface area contributed by atoms with Gasteiger partial charge in [-0.25, -0.2) is 0 Å². The van der Waals surface area contributed by atoms with Crippen LogP contribution >= 0.6 is 0 Å². The van der Waals surface area contributed by atoms with E-state index in [4.69, 9.17) is 4.74 Å². The van der Waals surface area contributed by atoms with E-state index in [2.05, 4.69) is 11.0 Å². The topological polar surface area (TPSA) is 32.7 Å². The Morgan fingerprint density at radius 3 is 2.47 bits per heavy atom. The summed E-state index contributed by atoms with van der Waals surface area (Å²) in [6, 6.07) is 0. The highest BCUT2D eigenvalue weighted by Crippen LogP contribution is 2.19. The van der Waals surface area contributed by atoms with Gasteiger partial charge in [0.05, 0.1) is 19.3 Å². The van der Waals surface area contributed by atoms with E-state index >= 15 is 0 Å². The summed E-state index contributed by atoms with van der Waals surface area (Å²) in [6.45, 7) is 10.7. The van der Waals surface area contributed by atoms with E-state index in [0.29, 0.717) is 0 Å². The van der Waals surface area contributed by atoms with Gasteiger partial charge in [0.15, 0.2) is 0 Å². The molecule has 1 heterocycles. The van der Waals surface area contributed by atoms with Gasteiger partial charge in [0, 0.05) is 19.6 Å². The molecule has 3 nitrogen and oxygen atoms in total. The highest BCUT2D eigenvalue weighted by atomic mass is 16.5. The maximum absolute atomic E-state index is 9.79. The van der Waals surface area contributed by atoms with Crippen LogP contribution in [0.15, 0.2) is 12.2 Å². The Morgan fingerprint density at radius 2 is 1.93 bits per heavy atom. The summed E-state index contributed by atoms with van der Waals surface area (Å²) < 4.78 is 5.27. The molecule has 0 spiro atoms. The zero-order valence-corrected chi connectivity index (χ0v) is 10.1. The zero-order valence-electron chi connectivity index (χ0n) is 10.1. The summed E-state index contributed by atoms with van der Waals surface area (Å²) >= 11 is 0. The van der Waals surface area contributed by atoms with Gasteiger partial charge in [0.1, 0.15) is 0 Å². The first-order valence-corrected chi connectivity index (χ1v) is 5.65.